The monoisotopic (exact) mass is 240 g/mol. The molecule has 2 nitrogen and oxygen atoms in total. The fourth-order valence-corrected chi connectivity index (χ4v) is 3.59. The van der Waals surface area contributed by atoms with Gasteiger partial charge in [0.25, 0.3) is 0 Å². The molecule has 1 saturated carbocycles. The first-order valence-electron chi connectivity index (χ1n) is 7.50. The molecule has 0 aromatic carbocycles. The molecule has 2 unspecified atom stereocenters. The largest absolute Gasteiger partial charge is 0.329 e. The van der Waals surface area contributed by atoms with Gasteiger partial charge in [0.15, 0.2) is 0 Å². The van der Waals surface area contributed by atoms with Crippen molar-refractivity contribution in [2.45, 2.75) is 65.3 Å². The molecule has 3 N–H and O–H groups in total. The standard InChI is InChI=1S/C15H32N2/c1-5-14(6-2)10-17-15(11-16)8-12(3)7-13(4)9-15/h12-14,17H,5-11,16H2,1-4H3. The molecule has 0 aromatic rings. The molecule has 0 spiro atoms. The van der Waals surface area contributed by atoms with E-state index in [1.54, 1.807) is 0 Å². The van der Waals surface area contributed by atoms with Crippen LogP contribution < -0.4 is 11.1 Å². The van der Waals surface area contributed by atoms with Crippen LogP contribution in [-0.2, 0) is 0 Å². The summed E-state index contributed by atoms with van der Waals surface area (Å²) in [5.41, 5.74) is 6.29. The van der Waals surface area contributed by atoms with E-state index >= 15 is 0 Å². The number of nitrogens with two attached hydrogens (primary N) is 1. The zero-order valence-electron chi connectivity index (χ0n) is 12.3. The molecule has 1 aliphatic carbocycles. The van der Waals surface area contributed by atoms with Crippen LogP contribution >= 0.6 is 0 Å². The van der Waals surface area contributed by atoms with E-state index in [1.807, 2.05) is 0 Å². The van der Waals surface area contributed by atoms with Crippen LogP contribution in [0.15, 0.2) is 0 Å². The van der Waals surface area contributed by atoms with E-state index in [1.165, 1.54) is 32.1 Å². The number of hydrogen-bond acceptors (Lipinski definition) is 2. The summed E-state index contributed by atoms with van der Waals surface area (Å²) in [7, 11) is 0. The van der Waals surface area contributed by atoms with Crippen LogP contribution in [0.25, 0.3) is 0 Å². The maximum atomic E-state index is 6.07. The highest BCUT2D eigenvalue weighted by atomic mass is 15.0. The Morgan fingerprint density at radius 2 is 1.71 bits per heavy atom. The van der Waals surface area contributed by atoms with Gasteiger partial charge in [-0.05, 0) is 43.6 Å². The van der Waals surface area contributed by atoms with Crippen LogP contribution in [0.2, 0.25) is 0 Å². The summed E-state index contributed by atoms with van der Waals surface area (Å²) < 4.78 is 0. The smallest absolute Gasteiger partial charge is 0.0309 e. The van der Waals surface area contributed by atoms with Crippen molar-refractivity contribution < 1.29 is 0 Å². The first kappa shape index (κ1) is 15.0. The molecule has 1 aliphatic rings. The Morgan fingerprint density at radius 3 is 2.12 bits per heavy atom. The second-order valence-electron chi connectivity index (χ2n) is 6.40. The van der Waals surface area contributed by atoms with Crippen molar-refractivity contribution >= 4 is 0 Å². The molecule has 0 aliphatic heterocycles. The summed E-state index contributed by atoms with van der Waals surface area (Å²) in [5, 5.41) is 3.82. The number of hydrogen-bond donors (Lipinski definition) is 2. The minimum atomic E-state index is 0.222. The molecule has 0 amide bonds. The first-order valence-corrected chi connectivity index (χ1v) is 7.50. The number of rotatable bonds is 6. The van der Waals surface area contributed by atoms with Gasteiger partial charge in [-0.1, -0.05) is 40.5 Å². The van der Waals surface area contributed by atoms with Gasteiger partial charge in [-0.3, -0.25) is 0 Å². The molecular formula is C15H32N2. The van der Waals surface area contributed by atoms with Gasteiger partial charge in [-0.15, -0.1) is 0 Å². The predicted octanol–water partition coefficient (Wildman–Crippen LogP) is 3.17. The lowest BCUT2D eigenvalue weighted by molar-refractivity contribution is 0.143. The van der Waals surface area contributed by atoms with Gasteiger partial charge in [0.05, 0.1) is 0 Å². The Morgan fingerprint density at radius 1 is 1.18 bits per heavy atom. The van der Waals surface area contributed by atoms with Gasteiger partial charge < -0.3 is 11.1 Å². The van der Waals surface area contributed by atoms with E-state index in [0.717, 1.165) is 30.8 Å². The molecule has 0 radical (unpaired) electrons. The zero-order valence-corrected chi connectivity index (χ0v) is 12.3. The summed E-state index contributed by atoms with van der Waals surface area (Å²) in [6.45, 7) is 11.3. The van der Waals surface area contributed by atoms with Gasteiger partial charge in [-0.25, -0.2) is 0 Å². The van der Waals surface area contributed by atoms with Crippen molar-refractivity contribution in [2.75, 3.05) is 13.1 Å². The lowest BCUT2D eigenvalue weighted by Crippen LogP contribution is -2.56. The van der Waals surface area contributed by atoms with Gasteiger partial charge in [-0.2, -0.15) is 0 Å². The molecule has 102 valence electrons. The van der Waals surface area contributed by atoms with Gasteiger partial charge in [0.2, 0.25) is 0 Å². The molecule has 17 heavy (non-hydrogen) atoms. The molecule has 0 aromatic heterocycles. The minimum Gasteiger partial charge on any atom is -0.329 e. The highest BCUT2D eigenvalue weighted by Crippen LogP contribution is 2.35. The van der Waals surface area contributed by atoms with Crippen molar-refractivity contribution in [3.8, 4) is 0 Å². The predicted molar refractivity (Wildman–Crippen MR) is 76.0 cm³/mol. The van der Waals surface area contributed by atoms with Crippen LogP contribution in [0.3, 0.4) is 0 Å². The molecule has 0 bridgehead atoms. The average Bonchev–Trinajstić information content (AvgIpc) is 2.29. The van der Waals surface area contributed by atoms with Gasteiger partial charge >= 0.3 is 0 Å². The van der Waals surface area contributed by atoms with E-state index in [-0.39, 0.29) is 5.54 Å². The van der Waals surface area contributed by atoms with Crippen LogP contribution in [-0.4, -0.2) is 18.6 Å². The molecule has 1 fully saturated rings. The minimum absolute atomic E-state index is 0.222. The molecule has 2 heteroatoms. The quantitative estimate of drug-likeness (QED) is 0.748. The fourth-order valence-electron chi connectivity index (χ4n) is 3.59. The van der Waals surface area contributed by atoms with E-state index in [9.17, 15) is 0 Å². The summed E-state index contributed by atoms with van der Waals surface area (Å²) in [4.78, 5) is 0. The van der Waals surface area contributed by atoms with Crippen molar-refractivity contribution in [3.05, 3.63) is 0 Å². The Kier molecular flexibility index (Phi) is 5.94. The van der Waals surface area contributed by atoms with E-state index in [0.29, 0.717) is 0 Å². The van der Waals surface area contributed by atoms with Crippen LogP contribution in [0.1, 0.15) is 59.8 Å². The van der Waals surface area contributed by atoms with Crippen molar-refractivity contribution in [1.82, 2.24) is 5.32 Å². The van der Waals surface area contributed by atoms with E-state index in [4.69, 9.17) is 5.73 Å². The summed E-state index contributed by atoms with van der Waals surface area (Å²) >= 11 is 0. The Balaban J connectivity index is 2.55. The lowest BCUT2D eigenvalue weighted by atomic mass is 9.71. The Labute approximate surface area is 108 Å². The third kappa shape index (κ3) is 4.26. The molecule has 0 heterocycles. The topological polar surface area (TPSA) is 38.0 Å². The summed E-state index contributed by atoms with van der Waals surface area (Å²) in [6, 6.07) is 0. The molecule has 0 saturated heterocycles. The Hall–Kier alpha value is -0.0800. The fraction of sp³-hybridized carbons (Fsp3) is 1.00. The SMILES string of the molecule is CCC(CC)CNC1(CN)CC(C)CC(C)C1. The maximum Gasteiger partial charge on any atom is 0.0309 e. The van der Waals surface area contributed by atoms with Gasteiger partial charge in [0.1, 0.15) is 0 Å². The molecular weight excluding hydrogens is 208 g/mol. The second kappa shape index (κ2) is 6.75. The third-order valence-electron chi connectivity index (χ3n) is 4.59. The highest BCUT2D eigenvalue weighted by molar-refractivity contribution is 4.96. The van der Waals surface area contributed by atoms with E-state index < -0.39 is 0 Å². The van der Waals surface area contributed by atoms with Crippen LogP contribution in [0.4, 0.5) is 0 Å². The second-order valence-corrected chi connectivity index (χ2v) is 6.40. The third-order valence-corrected chi connectivity index (χ3v) is 4.59. The first-order chi connectivity index (χ1) is 8.05. The van der Waals surface area contributed by atoms with Crippen molar-refractivity contribution in [2.24, 2.45) is 23.5 Å². The summed E-state index contributed by atoms with van der Waals surface area (Å²) in [6.07, 6.45) is 6.43. The van der Waals surface area contributed by atoms with Gasteiger partial charge in [0, 0.05) is 12.1 Å². The lowest BCUT2D eigenvalue weighted by Gasteiger charge is -2.43. The number of nitrogens with one attached hydrogen (secondary N) is 1. The normalized spacial score (nSPS) is 34.2. The van der Waals surface area contributed by atoms with Crippen LogP contribution in [0.5, 0.6) is 0 Å². The Bertz CT molecular complexity index is 201. The van der Waals surface area contributed by atoms with Crippen molar-refractivity contribution in [1.29, 1.82) is 0 Å². The molecule has 2 atom stereocenters. The average molecular weight is 240 g/mol. The zero-order chi connectivity index (χ0) is 12.9. The molecule has 1 rings (SSSR count). The highest BCUT2D eigenvalue weighted by Gasteiger charge is 2.36. The van der Waals surface area contributed by atoms with Crippen LogP contribution in [0, 0.1) is 17.8 Å². The summed E-state index contributed by atoms with van der Waals surface area (Å²) in [5.74, 6) is 2.44. The maximum absolute atomic E-state index is 6.07. The van der Waals surface area contributed by atoms with E-state index in [2.05, 4.69) is 33.0 Å². The van der Waals surface area contributed by atoms with Crippen molar-refractivity contribution in [3.63, 3.8) is 0 Å².